The van der Waals surface area contributed by atoms with Gasteiger partial charge in [0.05, 0.1) is 18.0 Å². The first-order valence-electron chi connectivity index (χ1n) is 6.78. The molecule has 0 aromatic carbocycles. The van der Waals surface area contributed by atoms with Gasteiger partial charge in [-0.25, -0.2) is 4.99 Å². The first-order chi connectivity index (χ1) is 9.31. The molecule has 1 fully saturated rings. The fourth-order valence-corrected chi connectivity index (χ4v) is 2.41. The standard InChI is InChI=1S/C14H19N5/c1-11-16-9-14(18-11)13-3-2-12(8-17-13)10-19-6-4-15-5-7-19/h2-3,8,15H,4-7,9-10H2,1H3. The lowest BCUT2D eigenvalue weighted by molar-refractivity contribution is 0.233. The number of nitrogens with one attached hydrogen (secondary N) is 1. The molecular formula is C14H19N5. The summed E-state index contributed by atoms with van der Waals surface area (Å²) in [7, 11) is 0. The van der Waals surface area contributed by atoms with Gasteiger partial charge in [0, 0.05) is 38.9 Å². The van der Waals surface area contributed by atoms with Gasteiger partial charge in [-0.15, -0.1) is 0 Å². The molecule has 5 nitrogen and oxygen atoms in total. The van der Waals surface area contributed by atoms with Gasteiger partial charge in [-0.2, -0.15) is 0 Å². The van der Waals surface area contributed by atoms with Gasteiger partial charge in [0.15, 0.2) is 0 Å². The number of aliphatic imine (C=N–C) groups is 2. The number of aromatic nitrogens is 1. The van der Waals surface area contributed by atoms with Crippen LogP contribution in [0, 0.1) is 0 Å². The van der Waals surface area contributed by atoms with E-state index in [0.717, 1.165) is 50.0 Å². The number of pyridine rings is 1. The van der Waals surface area contributed by atoms with Crippen LogP contribution in [0.4, 0.5) is 0 Å². The Balaban J connectivity index is 1.64. The monoisotopic (exact) mass is 257 g/mol. The highest BCUT2D eigenvalue weighted by Gasteiger charge is 2.12. The summed E-state index contributed by atoms with van der Waals surface area (Å²) in [5.74, 6) is 0.849. The Hall–Kier alpha value is -1.59. The van der Waals surface area contributed by atoms with Crippen molar-refractivity contribution in [1.82, 2.24) is 15.2 Å². The van der Waals surface area contributed by atoms with Gasteiger partial charge in [-0.1, -0.05) is 6.07 Å². The van der Waals surface area contributed by atoms with E-state index in [4.69, 9.17) is 0 Å². The molecule has 1 aromatic rings. The van der Waals surface area contributed by atoms with E-state index in [-0.39, 0.29) is 0 Å². The summed E-state index contributed by atoms with van der Waals surface area (Å²) >= 11 is 0. The van der Waals surface area contributed by atoms with Crippen molar-refractivity contribution in [3.05, 3.63) is 29.6 Å². The first-order valence-corrected chi connectivity index (χ1v) is 6.78. The lowest BCUT2D eigenvalue weighted by Gasteiger charge is -2.27. The molecule has 0 saturated carbocycles. The number of rotatable bonds is 3. The molecule has 0 amide bonds. The van der Waals surface area contributed by atoms with Crippen LogP contribution in [0.15, 0.2) is 28.3 Å². The van der Waals surface area contributed by atoms with Crippen molar-refractivity contribution in [2.75, 3.05) is 32.7 Å². The topological polar surface area (TPSA) is 52.9 Å². The van der Waals surface area contributed by atoms with Crippen LogP contribution in [0.5, 0.6) is 0 Å². The van der Waals surface area contributed by atoms with Gasteiger partial charge in [-0.3, -0.25) is 14.9 Å². The minimum Gasteiger partial charge on any atom is -0.314 e. The zero-order chi connectivity index (χ0) is 13.1. The van der Waals surface area contributed by atoms with E-state index in [2.05, 4.69) is 37.3 Å². The summed E-state index contributed by atoms with van der Waals surface area (Å²) in [4.78, 5) is 15.6. The third-order valence-electron chi connectivity index (χ3n) is 3.49. The Morgan fingerprint density at radius 1 is 1.26 bits per heavy atom. The van der Waals surface area contributed by atoms with E-state index >= 15 is 0 Å². The zero-order valence-electron chi connectivity index (χ0n) is 11.3. The van der Waals surface area contributed by atoms with Gasteiger partial charge >= 0.3 is 0 Å². The molecule has 0 bridgehead atoms. The van der Waals surface area contributed by atoms with Crippen LogP contribution in [0.1, 0.15) is 18.2 Å². The van der Waals surface area contributed by atoms with Crippen LogP contribution in [0.25, 0.3) is 0 Å². The fraction of sp³-hybridized carbons (Fsp3) is 0.500. The molecule has 0 aliphatic carbocycles. The number of hydrogen-bond donors (Lipinski definition) is 1. The Kier molecular flexibility index (Phi) is 3.66. The molecule has 2 aliphatic heterocycles. The molecule has 100 valence electrons. The molecular weight excluding hydrogens is 238 g/mol. The van der Waals surface area contributed by atoms with E-state index in [9.17, 15) is 0 Å². The zero-order valence-corrected chi connectivity index (χ0v) is 11.3. The SMILES string of the molecule is CC1=NCC(c2ccc(CN3CCNCC3)cn2)=N1. The number of hydrogen-bond acceptors (Lipinski definition) is 5. The Morgan fingerprint density at radius 2 is 2.11 bits per heavy atom. The molecule has 0 unspecified atom stereocenters. The molecule has 3 heterocycles. The van der Waals surface area contributed by atoms with Crippen LogP contribution in [0.2, 0.25) is 0 Å². The van der Waals surface area contributed by atoms with Crippen molar-refractivity contribution in [1.29, 1.82) is 0 Å². The Morgan fingerprint density at radius 3 is 2.74 bits per heavy atom. The lowest BCUT2D eigenvalue weighted by Crippen LogP contribution is -2.42. The first kappa shape index (κ1) is 12.4. The minimum absolute atomic E-state index is 0.663. The van der Waals surface area contributed by atoms with Gasteiger partial charge in [0.1, 0.15) is 5.84 Å². The van der Waals surface area contributed by atoms with Crippen molar-refractivity contribution >= 4 is 11.5 Å². The molecule has 3 rings (SSSR count). The summed E-state index contributed by atoms with van der Waals surface area (Å²) in [6, 6.07) is 4.21. The Labute approximate surface area is 113 Å². The Bertz CT molecular complexity index is 497. The molecule has 1 saturated heterocycles. The maximum absolute atomic E-state index is 4.51. The van der Waals surface area contributed by atoms with Crippen LogP contribution in [0.3, 0.4) is 0 Å². The summed E-state index contributed by atoms with van der Waals surface area (Å²) in [5.41, 5.74) is 3.19. The highest BCUT2D eigenvalue weighted by Crippen LogP contribution is 2.09. The summed E-state index contributed by atoms with van der Waals surface area (Å²) in [6.07, 6.45) is 1.97. The average Bonchev–Trinajstić information content (AvgIpc) is 2.87. The second-order valence-corrected chi connectivity index (χ2v) is 5.00. The molecule has 0 radical (unpaired) electrons. The largest absolute Gasteiger partial charge is 0.314 e. The number of nitrogens with zero attached hydrogens (tertiary/aromatic N) is 4. The van der Waals surface area contributed by atoms with Crippen molar-refractivity contribution < 1.29 is 0 Å². The van der Waals surface area contributed by atoms with E-state index < -0.39 is 0 Å². The second kappa shape index (κ2) is 5.59. The maximum atomic E-state index is 4.51. The quantitative estimate of drug-likeness (QED) is 0.867. The third-order valence-corrected chi connectivity index (χ3v) is 3.49. The van der Waals surface area contributed by atoms with E-state index in [1.807, 2.05) is 13.1 Å². The van der Waals surface area contributed by atoms with Crippen LogP contribution in [-0.2, 0) is 6.54 Å². The molecule has 19 heavy (non-hydrogen) atoms. The number of piperazine rings is 1. The van der Waals surface area contributed by atoms with Gasteiger partial charge < -0.3 is 5.32 Å². The van der Waals surface area contributed by atoms with Crippen molar-refractivity contribution in [2.24, 2.45) is 9.98 Å². The third kappa shape index (κ3) is 3.05. The molecule has 5 heteroatoms. The van der Waals surface area contributed by atoms with E-state index in [1.165, 1.54) is 5.56 Å². The summed E-state index contributed by atoms with van der Waals surface area (Å²) in [5, 5.41) is 3.37. The van der Waals surface area contributed by atoms with Crippen molar-refractivity contribution in [3.8, 4) is 0 Å². The predicted molar refractivity (Wildman–Crippen MR) is 76.9 cm³/mol. The average molecular weight is 257 g/mol. The highest BCUT2D eigenvalue weighted by atomic mass is 15.2. The van der Waals surface area contributed by atoms with Gasteiger partial charge in [0.25, 0.3) is 0 Å². The molecule has 1 aromatic heterocycles. The molecule has 1 N–H and O–H groups in total. The lowest BCUT2D eigenvalue weighted by atomic mass is 10.2. The number of amidine groups is 1. The smallest absolute Gasteiger partial charge is 0.121 e. The minimum atomic E-state index is 0.663. The molecule has 0 atom stereocenters. The fourth-order valence-electron chi connectivity index (χ4n) is 2.41. The van der Waals surface area contributed by atoms with Crippen molar-refractivity contribution in [2.45, 2.75) is 13.5 Å². The van der Waals surface area contributed by atoms with E-state index in [0.29, 0.717) is 6.54 Å². The van der Waals surface area contributed by atoms with Crippen LogP contribution >= 0.6 is 0 Å². The van der Waals surface area contributed by atoms with Gasteiger partial charge in [0.2, 0.25) is 0 Å². The maximum Gasteiger partial charge on any atom is 0.121 e. The van der Waals surface area contributed by atoms with Crippen LogP contribution < -0.4 is 5.32 Å². The summed E-state index contributed by atoms with van der Waals surface area (Å²) < 4.78 is 0. The normalized spacial score (nSPS) is 20.3. The van der Waals surface area contributed by atoms with Crippen molar-refractivity contribution in [3.63, 3.8) is 0 Å². The molecule has 0 spiro atoms. The van der Waals surface area contributed by atoms with Crippen LogP contribution in [-0.4, -0.2) is 54.2 Å². The molecule has 2 aliphatic rings. The highest BCUT2D eigenvalue weighted by molar-refractivity contribution is 6.10. The summed E-state index contributed by atoms with van der Waals surface area (Å²) in [6.45, 7) is 7.96. The second-order valence-electron chi connectivity index (χ2n) is 5.00. The van der Waals surface area contributed by atoms with E-state index in [1.54, 1.807) is 0 Å². The van der Waals surface area contributed by atoms with Gasteiger partial charge in [-0.05, 0) is 18.6 Å². The predicted octanol–water partition coefficient (Wildman–Crippen LogP) is 0.708.